The minimum absolute atomic E-state index is 0.126. The lowest BCUT2D eigenvalue weighted by Gasteiger charge is -2.41. The Kier molecular flexibility index (Phi) is 4.89. The van der Waals surface area contributed by atoms with Gasteiger partial charge in [-0.2, -0.15) is 0 Å². The van der Waals surface area contributed by atoms with Gasteiger partial charge >= 0.3 is 0 Å². The fourth-order valence-corrected chi connectivity index (χ4v) is 3.38. The van der Waals surface area contributed by atoms with Gasteiger partial charge in [-0.1, -0.05) is 18.0 Å². The van der Waals surface area contributed by atoms with Crippen LogP contribution in [0, 0.1) is 0 Å². The highest BCUT2D eigenvalue weighted by Crippen LogP contribution is 2.30. The molecule has 120 valence electrons. The Morgan fingerprint density at radius 2 is 2.00 bits per heavy atom. The van der Waals surface area contributed by atoms with Crippen molar-refractivity contribution in [2.75, 3.05) is 18.4 Å². The number of rotatable bonds is 4. The van der Waals surface area contributed by atoms with Crippen molar-refractivity contribution in [3.8, 4) is 5.75 Å². The monoisotopic (exact) mass is 322 g/mol. The first-order chi connectivity index (χ1) is 10.6. The highest BCUT2D eigenvalue weighted by Gasteiger charge is 2.29. The number of halogens is 1. The molecule has 2 aliphatic rings. The van der Waals surface area contributed by atoms with Gasteiger partial charge in [0, 0.05) is 32.1 Å². The van der Waals surface area contributed by atoms with Gasteiger partial charge < -0.3 is 15.0 Å². The molecule has 0 atom stereocenters. The molecule has 3 rings (SSSR count). The van der Waals surface area contributed by atoms with E-state index in [9.17, 15) is 4.79 Å². The van der Waals surface area contributed by atoms with Crippen molar-refractivity contribution in [3.05, 3.63) is 23.2 Å². The van der Waals surface area contributed by atoms with E-state index in [1.54, 1.807) is 12.1 Å². The summed E-state index contributed by atoms with van der Waals surface area (Å²) in [5.74, 6) is 0.653. The number of piperidine rings is 1. The van der Waals surface area contributed by atoms with E-state index in [0.29, 0.717) is 10.7 Å². The van der Waals surface area contributed by atoms with Gasteiger partial charge in [-0.25, -0.2) is 0 Å². The molecular weight excluding hydrogens is 300 g/mol. The second kappa shape index (κ2) is 6.88. The molecule has 1 aromatic rings. The van der Waals surface area contributed by atoms with Crippen LogP contribution in [-0.4, -0.2) is 36.0 Å². The molecule has 0 aromatic heterocycles. The third kappa shape index (κ3) is 3.73. The molecule has 5 heteroatoms. The van der Waals surface area contributed by atoms with Crippen molar-refractivity contribution in [2.24, 2.45) is 0 Å². The van der Waals surface area contributed by atoms with E-state index >= 15 is 0 Å². The Bertz CT molecular complexity index is 537. The zero-order valence-corrected chi connectivity index (χ0v) is 13.7. The van der Waals surface area contributed by atoms with Crippen LogP contribution in [0.4, 0.5) is 5.69 Å². The fourth-order valence-electron chi connectivity index (χ4n) is 3.16. The summed E-state index contributed by atoms with van der Waals surface area (Å²) in [6, 6.07) is 6.27. The van der Waals surface area contributed by atoms with Gasteiger partial charge in [-0.05, 0) is 37.8 Å². The summed E-state index contributed by atoms with van der Waals surface area (Å²) < 4.78 is 6.05. The van der Waals surface area contributed by atoms with Crippen molar-refractivity contribution in [3.63, 3.8) is 0 Å². The standard InChI is InChI=1S/C17H23ClN2O2/c1-12(21)19-17-6-5-15(11-16(17)18)22-14-7-9-20(10-8-14)13-3-2-4-13/h5-6,11,13-14H,2-4,7-10H2,1H3,(H,19,21). The predicted molar refractivity (Wildman–Crippen MR) is 88.6 cm³/mol. The smallest absolute Gasteiger partial charge is 0.221 e. The highest BCUT2D eigenvalue weighted by molar-refractivity contribution is 6.33. The van der Waals surface area contributed by atoms with E-state index < -0.39 is 0 Å². The number of ether oxygens (including phenoxy) is 1. The molecule has 22 heavy (non-hydrogen) atoms. The first kappa shape index (κ1) is 15.6. The third-order valence-corrected chi connectivity index (χ3v) is 4.93. The summed E-state index contributed by atoms with van der Waals surface area (Å²) in [6.45, 7) is 3.73. The minimum Gasteiger partial charge on any atom is -0.490 e. The van der Waals surface area contributed by atoms with Gasteiger partial charge in [0.05, 0.1) is 10.7 Å². The Morgan fingerprint density at radius 3 is 2.55 bits per heavy atom. The Balaban J connectivity index is 1.53. The number of carbonyl (C=O) groups excluding carboxylic acids is 1. The number of carbonyl (C=O) groups is 1. The van der Waals surface area contributed by atoms with E-state index in [-0.39, 0.29) is 12.0 Å². The lowest BCUT2D eigenvalue weighted by atomic mass is 9.90. The van der Waals surface area contributed by atoms with Crippen LogP contribution in [0.5, 0.6) is 5.75 Å². The summed E-state index contributed by atoms with van der Waals surface area (Å²) in [5.41, 5.74) is 0.626. The van der Waals surface area contributed by atoms with Crippen LogP contribution >= 0.6 is 11.6 Å². The highest BCUT2D eigenvalue weighted by atomic mass is 35.5. The molecule has 0 bridgehead atoms. The SMILES string of the molecule is CC(=O)Nc1ccc(OC2CCN(C3CCC3)CC2)cc1Cl. The molecule has 2 fully saturated rings. The maximum Gasteiger partial charge on any atom is 0.221 e. The average Bonchev–Trinajstić information content (AvgIpc) is 2.42. The van der Waals surface area contributed by atoms with Crippen molar-refractivity contribution in [2.45, 2.75) is 51.2 Å². The summed E-state index contributed by atoms with van der Waals surface area (Å²) in [4.78, 5) is 13.7. The van der Waals surface area contributed by atoms with Crippen LogP contribution < -0.4 is 10.1 Å². The number of nitrogens with zero attached hydrogens (tertiary/aromatic N) is 1. The molecule has 1 saturated heterocycles. The number of hydrogen-bond donors (Lipinski definition) is 1. The van der Waals surface area contributed by atoms with E-state index in [1.165, 1.54) is 26.2 Å². The molecule has 1 amide bonds. The van der Waals surface area contributed by atoms with Gasteiger partial charge in [0.1, 0.15) is 11.9 Å². The average molecular weight is 323 g/mol. The molecule has 0 spiro atoms. The van der Waals surface area contributed by atoms with Gasteiger partial charge in [-0.3, -0.25) is 4.79 Å². The first-order valence-electron chi connectivity index (χ1n) is 8.09. The van der Waals surface area contributed by atoms with Crippen molar-refractivity contribution < 1.29 is 9.53 Å². The van der Waals surface area contributed by atoms with Crippen LogP contribution in [0.15, 0.2) is 18.2 Å². The molecule has 1 heterocycles. The summed E-state index contributed by atoms with van der Waals surface area (Å²) in [5, 5.41) is 3.22. The Hall–Kier alpha value is -1.26. The zero-order chi connectivity index (χ0) is 15.5. The minimum atomic E-state index is -0.126. The lowest BCUT2D eigenvalue weighted by Crippen LogP contribution is -2.46. The van der Waals surface area contributed by atoms with E-state index in [2.05, 4.69) is 10.2 Å². The molecule has 1 aliphatic carbocycles. The Morgan fingerprint density at radius 1 is 1.27 bits per heavy atom. The van der Waals surface area contributed by atoms with Crippen LogP contribution in [0.1, 0.15) is 39.0 Å². The van der Waals surface area contributed by atoms with Crippen LogP contribution in [0.2, 0.25) is 5.02 Å². The number of benzene rings is 1. The second-order valence-corrected chi connectivity index (χ2v) is 6.67. The molecular formula is C17H23ClN2O2. The van der Waals surface area contributed by atoms with E-state index in [4.69, 9.17) is 16.3 Å². The molecule has 1 N–H and O–H groups in total. The zero-order valence-electron chi connectivity index (χ0n) is 13.0. The predicted octanol–water partition coefficient (Wildman–Crippen LogP) is 3.69. The number of likely N-dealkylation sites (tertiary alicyclic amines) is 1. The Labute approximate surface area is 136 Å². The molecule has 0 unspecified atom stereocenters. The first-order valence-corrected chi connectivity index (χ1v) is 8.47. The van der Waals surface area contributed by atoms with Crippen LogP contribution in [0.25, 0.3) is 0 Å². The summed E-state index contributed by atoms with van der Waals surface area (Å²) in [6.07, 6.45) is 6.53. The fraction of sp³-hybridized carbons (Fsp3) is 0.588. The number of hydrogen-bond acceptors (Lipinski definition) is 3. The topological polar surface area (TPSA) is 41.6 Å². The van der Waals surface area contributed by atoms with Gasteiger partial charge in [-0.15, -0.1) is 0 Å². The number of anilines is 1. The van der Waals surface area contributed by atoms with Crippen molar-refractivity contribution >= 4 is 23.2 Å². The maximum atomic E-state index is 11.1. The molecule has 4 nitrogen and oxygen atoms in total. The second-order valence-electron chi connectivity index (χ2n) is 6.26. The van der Waals surface area contributed by atoms with Gasteiger partial charge in [0.2, 0.25) is 5.91 Å². The van der Waals surface area contributed by atoms with Gasteiger partial charge in [0.15, 0.2) is 0 Å². The van der Waals surface area contributed by atoms with Crippen LogP contribution in [0.3, 0.4) is 0 Å². The summed E-state index contributed by atoms with van der Waals surface area (Å²) in [7, 11) is 0. The lowest BCUT2D eigenvalue weighted by molar-refractivity contribution is -0.114. The number of amides is 1. The normalized spacial score (nSPS) is 20.5. The molecule has 0 radical (unpaired) electrons. The number of nitrogens with one attached hydrogen (secondary N) is 1. The van der Waals surface area contributed by atoms with Crippen molar-refractivity contribution in [1.29, 1.82) is 0 Å². The molecule has 1 aromatic carbocycles. The van der Waals surface area contributed by atoms with E-state index in [1.807, 2.05) is 6.07 Å². The molecule has 1 saturated carbocycles. The quantitative estimate of drug-likeness (QED) is 0.919. The van der Waals surface area contributed by atoms with Crippen LogP contribution in [-0.2, 0) is 4.79 Å². The van der Waals surface area contributed by atoms with Gasteiger partial charge in [0.25, 0.3) is 0 Å². The maximum absolute atomic E-state index is 11.1. The molecule has 1 aliphatic heterocycles. The summed E-state index contributed by atoms with van der Waals surface area (Å²) >= 11 is 6.18. The third-order valence-electron chi connectivity index (χ3n) is 4.62. The van der Waals surface area contributed by atoms with E-state index in [0.717, 1.165) is 37.7 Å². The largest absolute Gasteiger partial charge is 0.490 e. The van der Waals surface area contributed by atoms with Crippen molar-refractivity contribution in [1.82, 2.24) is 4.90 Å².